The highest BCUT2D eigenvalue weighted by Crippen LogP contribution is 2.34. The standard InChI is InChI=1S/C15H14N2OS/c1-17-8-6-12(14(17)13-5-3-9-19-13)15(18)11-4-2-7-16-10-11/h2-10,15,18H,1H3. The number of aliphatic hydroxyl groups is 1. The number of aromatic nitrogens is 2. The third kappa shape index (κ3) is 2.20. The summed E-state index contributed by atoms with van der Waals surface area (Å²) >= 11 is 1.67. The minimum absolute atomic E-state index is 0.646. The fourth-order valence-electron chi connectivity index (χ4n) is 2.22. The lowest BCUT2D eigenvalue weighted by Crippen LogP contribution is -2.01. The summed E-state index contributed by atoms with van der Waals surface area (Å²) in [5.74, 6) is 0. The number of rotatable bonds is 3. The molecular formula is C15H14N2OS. The van der Waals surface area contributed by atoms with E-state index in [1.165, 1.54) is 0 Å². The highest BCUT2D eigenvalue weighted by atomic mass is 32.1. The first-order valence-corrected chi connectivity index (χ1v) is 6.92. The first kappa shape index (κ1) is 12.1. The van der Waals surface area contributed by atoms with Crippen molar-refractivity contribution in [1.82, 2.24) is 9.55 Å². The Hall–Kier alpha value is -1.91. The fourth-order valence-corrected chi connectivity index (χ4v) is 3.05. The van der Waals surface area contributed by atoms with E-state index in [4.69, 9.17) is 0 Å². The fraction of sp³-hybridized carbons (Fsp3) is 0.133. The summed E-state index contributed by atoms with van der Waals surface area (Å²) in [5.41, 5.74) is 2.79. The smallest absolute Gasteiger partial charge is 0.108 e. The highest BCUT2D eigenvalue weighted by molar-refractivity contribution is 7.13. The third-order valence-corrected chi connectivity index (χ3v) is 4.03. The van der Waals surface area contributed by atoms with Gasteiger partial charge in [-0.3, -0.25) is 4.98 Å². The first-order chi connectivity index (χ1) is 9.27. The van der Waals surface area contributed by atoms with Crippen molar-refractivity contribution < 1.29 is 5.11 Å². The normalized spacial score (nSPS) is 12.5. The van der Waals surface area contributed by atoms with Gasteiger partial charge < -0.3 is 9.67 Å². The van der Waals surface area contributed by atoms with E-state index in [0.29, 0.717) is 0 Å². The van der Waals surface area contributed by atoms with Gasteiger partial charge >= 0.3 is 0 Å². The molecule has 1 unspecified atom stereocenters. The summed E-state index contributed by atoms with van der Waals surface area (Å²) in [6.07, 6.45) is 4.74. The van der Waals surface area contributed by atoms with Crippen LogP contribution in [-0.4, -0.2) is 14.7 Å². The molecule has 0 saturated heterocycles. The Labute approximate surface area is 115 Å². The van der Waals surface area contributed by atoms with Crippen molar-refractivity contribution in [3.8, 4) is 10.6 Å². The molecule has 3 aromatic heterocycles. The van der Waals surface area contributed by atoms with Crippen LogP contribution < -0.4 is 0 Å². The molecule has 4 heteroatoms. The minimum atomic E-state index is -0.646. The maximum absolute atomic E-state index is 10.5. The van der Waals surface area contributed by atoms with Gasteiger partial charge in [-0.05, 0) is 23.6 Å². The van der Waals surface area contributed by atoms with Crippen LogP contribution in [0.2, 0.25) is 0 Å². The van der Waals surface area contributed by atoms with Gasteiger partial charge in [0.1, 0.15) is 6.10 Å². The van der Waals surface area contributed by atoms with Crippen LogP contribution in [0, 0.1) is 0 Å². The van der Waals surface area contributed by atoms with Crippen molar-refractivity contribution in [1.29, 1.82) is 0 Å². The summed E-state index contributed by atoms with van der Waals surface area (Å²) < 4.78 is 2.04. The molecule has 3 heterocycles. The SMILES string of the molecule is Cn1ccc(C(O)c2cccnc2)c1-c1cccs1. The third-order valence-electron chi connectivity index (χ3n) is 3.15. The molecule has 0 aliphatic heterocycles. The van der Waals surface area contributed by atoms with Gasteiger partial charge in [0.2, 0.25) is 0 Å². The highest BCUT2D eigenvalue weighted by Gasteiger charge is 2.18. The van der Waals surface area contributed by atoms with E-state index in [2.05, 4.69) is 11.1 Å². The molecule has 0 saturated carbocycles. The summed E-state index contributed by atoms with van der Waals surface area (Å²) in [5, 5.41) is 12.6. The van der Waals surface area contributed by atoms with Crippen LogP contribution in [0.5, 0.6) is 0 Å². The Morgan fingerprint density at radius 3 is 2.84 bits per heavy atom. The van der Waals surface area contributed by atoms with E-state index >= 15 is 0 Å². The Bertz CT molecular complexity index is 659. The zero-order valence-electron chi connectivity index (χ0n) is 10.5. The molecule has 0 aliphatic rings. The lowest BCUT2D eigenvalue weighted by molar-refractivity contribution is 0.220. The molecule has 0 radical (unpaired) electrons. The van der Waals surface area contributed by atoms with E-state index in [9.17, 15) is 5.11 Å². The molecule has 96 valence electrons. The van der Waals surface area contributed by atoms with E-state index in [1.807, 2.05) is 47.5 Å². The van der Waals surface area contributed by atoms with Crippen molar-refractivity contribution in [3.63, 3.8) is 0 Å². The largest absolute Gasteiger partial charge is 0.384 e. The molecule has 1 atom stereocenters. The van der Waals surface area contributed by atoms with Crippen LogP contribution >= 0.6 is 11.3 Å². The number of hydrogen-bond acceptors (Lipinski definition) is 3. The van der Waals surface area contributed by atoms with Crippen molar-refractivity contribution in [2.45, 2.75) is 6.10 Å². The molecule has 3 nitrogen and oxygen atoms in total. The predicted molar refractivity (Wildman–Crippen MR) is 77.0 cm³/mol. The summed E-state index contributed by atoms with van der Waals surface area (Å²) in [7, 11) is 1.99. The van der Waals surface area contributed by atoms with Crippen LogP contribution in [0.1, 0.15) is 17.2 Å². The van der Waals surface area contributed by atoms with E-state index in [1.54, 1.807) is 23.7 Å². The van der Waals surface area contributed by atoms with E-state index in [-0.39, 0.29) is 0 Å². The Morgan fingerprint density at radius 2 is 2.16 bits per heavy atom. The number of aryl methyl sites for hydroxylation is 1. The zero-order valence-corrected chi connectivity index (χ0v) is 11.3. The van der Waals surface area contributed by atoms with Crippen LogP contribution in [0.4, 0.5) is 0 Å². The Kier molecular flexibility index (Phi) is 3.19. The van der Waals surface area contributed by atoms with Gasteiger partial charge in [-0.1, -0.05) is 12.1 Å². The Morgan fingerprint density at radius 1 is 1.26 bits per heavy atom. The second-order valence-corrected chi connectivity index (χ2v) is 5.34. The molecule has 1 N–H and O–H groups in total. The quantitative estimate of drug-likeness (QED) is 0.793. The molecule has 3 rings (SSSR count). The van der Waals surface area contributed by atoms with Crippen LogP contribution in [0.3, 0.4) is 0 Å². The number of nitrogens with zero attached hydrogens (tertiary/aromatic N) is 2. The molecule has 19 heavy (non-hydrogen) atoms. The van der Waals surface area contributed by atoms with Crippen molar-refractivity contribution in [2.24, 2.45) is 7.05 Å². The Balaban J connectivity index is 2.07. The molecule has 3 aromatic rings. The van der Waals surface area contributed by atoms with Gasteiger partial charge in [-0.25, -0.2) is 0 Å². The molecule has 0 bridgehead atoms. The predicted octanol–water partition coefficient (Wildman–Crippen LogP) is 3.23. The van der Waals surface area contributed by atoms with Crippen molar-refractivity contribution in [3.05, 3.63) is 65.4 Å². The zero-order chi connectivity index (χ0) is 13.2. The lowest BCUT2D eigenvalue weighted by Gasteiger charge is -2.12. The van der Waals surface area contributed by atoms with E-state index < -0.39 is 6.10 Å². The summed E-state index contributed by atoms with van der Waals surface area (Å²) in [6, 6.07) is 9.79. The average Bonchev–Trinajstić information content (AvgIpc) is 3.08. The van der Waals surface area contributed by atoms with E-state index in [0.717, 1.165) is 21.7 Å². The second-order valence-electron chi connectivity index (χ2n) is 4.40. The average molecular weight is 270 g/mol. The van der Waals surface area contributed by atoms with Gasteiger partial charge in [0.25, 0.3) is 0 Å². The van der Waals surface area contributed by atoms with Gasteiger partial charge in [0, 0.05) is 36.8 Å². The van der Waals surface area contributed by atoms with Crippen molar-refractivity contribution >= 4 is 11.3 Å². The van der Waals surface area contributed by atoms with Gasteiger partial charge in [-0.2, -0.15) is 0 Å². The summed E-state index contributed by atoms with van der Waals surface area (Å²) in [4.78, 5) is 5.22. The minimum Gasteiger partial charge on any atom is -0.384 e. The topological polar surface area (TPSA) is 38.0 Å². The monoisotopic (exact) mass is 270 g/mol. The maximum atomic E-state index is 10.5. The number of pyridine rings is 1. The molecule has 0 aromatic carbocycles. The molecule has 0 spiro atoms. The van der Waals surface area contributed by atoms with Crippen molar-refractivity contribution in [2.75, 3.05) is 0 Å². The summed E-state index contributed by atoms with van der Waals surface area (Å²) in [6.45, 7) is 0. The van der Waals surface area contributed by atoms with Crippen LogP contribution in [0.25, 0.3) is 10.6 Å². The van der Waals surface area contributed by atoms with Gasteiger partial charge in [-0.15, -0.1) is 11.3 Å². The van der Waals surface area contributed by atoms with Gasteiger partial charge in [0.05, 0.1) is 10.6 Å². The lowest BCUT2D eigenvalue weighted by atomic mass is 10.0. The first-order valence-electron chi connectivity index (χ1n) is 6.04. The molecule has 0 aliphatic carbocycles. The maximum Gasteiger partial charge on any atom is 0.108 e. The molecular weight excluding hydrogens is 256 g/mol. The molecule has 0 amide bonds. The number of aliphatic hydroxyl groups excluding tert-OH is 1. The molecule has 0 fully saturated rings. The van der Waals surface area contributed by atoms with Crippen LogP contribution in [-0.2, 0) is 7.05 Å². The number of thiophene rings is 1. The van der Waals surface area contributed by atoms with Crippen LogP contribution in [0.15, 0.2) is 54.3 Å². The second kappa shape index (κ2) is 4.99. The number of hydrogen-bond donors (Lipinski definition) is 1. The van der Waals surface area contributed by atoms with Gasteiger partial charge in [0.15, 0.2) is 0 Å².